The molecule has 0 aromatic heterocycles. The second kappa shape index (κ2) is 2.95. The molecule has 6 heteroatoms. The van der Waals surface area contributed by atoms with Crippen molar-refractivity contribution in [2.45, 2.75) is 19.4 Å². The number of hydrogen-bond donors (Lipinski definition) is 1. The number of nitrogens with two attached hydrogens (primary N) is 1. The van der Waals surface area contributed by atoms with Crippen LogP contribution in [0.1, 0.15) is 13.8 Å². The Labute approximate surface area is 72.7 Å². The van der Waals surface area contributed by atoms with Crippen LogP contribution in [-0.4, -0.2) is 38.0 Å². The lowest BCUT2D eigenvalue weighted by atomic mass is 10.1. The first-order valence-electron chi connectivity index (χ1n) is 3.72. The lowest BCUT2D eigenvalue weighted by Gasteiger charge is -2.39. The van der Waals surface area contributed by atoms with E-state index in [0.29, 0.717) is 19.8 Å². The molecule has 0 unspecified atom stereocenters. The van der Waals surface area contributed by atoms with Gasteiger partial charge < -0.3 is 4.74 Å². The van der Waals surface area contributed by atoms with Gasteiger partial charge in [-0.3, -0.25) is 0 Å². The van der Waals surface area contributed by atoms with Gasteiger partial charge in [-0.2, -0.15) is 12.7 Å². The maximum absolute atomic E-state index is 11.1. The quantitative estimate of drug-likeness (QED) is 0.600. The largest absolute Gasteiger partial charge is 0.378 e. The Balaban J connectivity index is 2.88. The number of hydrogen-bond acceptors (Lipinski definition) is 3. The van der Waals surface area contributed by atoms with Gasteiger partial charge in [0.05, 0.1) is 18.8 Å². The van der Waals surface area contributed by atoms with Gasteiger partial charge in [-0.25, -0.2) is 5.14 Å². The molecule has 0 saturated carbocycles. The Bertz CT molecular complexity index is 260. The van der Waals surface area contributed by atoms with E-state index in [1.807, 2.05) is 0 Å². The zero-order chi connectivity index (χ0) is 9.41. The monoisotopic (exact) mass is 194 g/mol. The van der Waals surface area contributed by atoms with Crippen molar-refractivity contribution < 1.29 is 13.2 Å². The van der Waals surface area contributed by atoms with Crippen LogP contribution in [-0.2, 0) is 14.9 Å². The zero-order valence-electron chi connectivity index (χ0n) is 7.28. The van der Waals surface area contributed by atoms with E-state index in [0.717, 1.165) is 0 Å². The van der Waals surface area contributed by atoms with E-state index in [2.05, 4.69) is 0 Å². The van der Waals surface area contributed by atoms with E-state index in [1.165, 1.54) is 4.31 Å². The third-order valence-corrected chi connectivity index (χ3v) is 3.17. The zero-order valence-corrected chi connectivity index (χ0v) is 8.10. The summed E-state index contributed by atoms with van der Waals surface area (Å²) in [6, 6.07) is 0. The van der Waals surface area contributed by atoms with E-state index in [1.54, 1.807) is 13.8 Å². The minimum atomic E-state index is -3.58. The number of nitrogens with zero attached hydrogens (tertiary/aromatic N) is 1. The maximum atomic E-state index is 11.1. The lowest BCUT2D eigenvalue weighted by molar-refractivity contribution is -0.00769. The summed E-state index contributed by atoms with van der Waals surface area (Å²) >= 11 is 0. The molecule has 72 valence electrons. The van der Waals surface area contributed by atoms with E-state index in [-0.39, 0.29) is 0 Å². The summed E-state index contributed by atoms with van der Waals surface area (Å²) in [5, 5.41) is 5.03. The van der Waals surface area contributed by atoms with Gasteiger partial charge in [-0.05, 0) is 13.8 Å². The van der Waals surface area contributed by atoms with Gasteiger partial charge in [0.2, 0.25) is 0 Å². The van der Waals surface area contributed by atoms with Gasteiger partial charge in [-0.1, -0.05) is 0 Å². The number of ether oxygens (including phenoxy) is 1. The van der Waals surface area contributed by atoms with E-state index < -0.39 is 15.7 Å². The molecule has 5 nitrogen and oxygen atoms in total. The maximum Gasteiger partial charge on any atom is 0.277 e. The molecular formula is C6H14N2O3S. The predicted molar refractivity (Wildman–Crippen MR) is 44.7 cm³/mol. The minimum absolute atomic E-state index is 0.339. The molecular weight excluding hydrogens is 180 g/mol. The molecule has 0 spiro atoms. The van der Waals surface area contributed by atoms with Crippen molar-refractivity contribution in [3.63, 3.8) is 0 Å². The van der Waals surface area contributed by atoms with Crippen molar-refractivity contribution in [1.82, 2.24) is 4.31 Å². The molecule has 1 aliphatic heterocycles. The van der Waals surface area contributed by atoms with Crippen LogP contribution in [0, 0.1) is 0 Å². The Morgan fingerprint density at radius 3 is 2.42 bits per heavy atom. The molecule has 0 bridgehead atoms. The highest BCUT2D eigenvalue weighted by molar-refractivity contribution is 7.86. The summed E-state index contributed by atoms with van der Waals surface area (Å²) in [7, 11) is -3.58. The highest BCUT2D eigenvalue weighted by Crippen LogP contribution is 2.20. The van der Waals surface area contributed by atoms with Gasteiger partial charge in [-0.15, -0.1) is 0 Å². The number of rotatable bonds is 1. The Morgan fingerprint density at radius 2 is 2.08 bits per heavy atom. The van der Waals surface area contributed by atoms with Crippen LogP contribution in [0.2, 0.25) is 0 Å². The normalized spacial score (nSPS) is 25.6. The van der Waals surface area contributed by atoms with Gasteiger partial charge in [0, 0.05) is 6.54 Å². The summed E-state index contributed by atoms with van der Waals surface area (Å²) in [4.78, 5) is 0. The average Bonchev–Trinajstić information content (AvgIpc) is 1.83. The standard InChI is InChI=1S/C6H14N2O3S/c1-6(2)5-11-4-3-8(6)12(7,9)10/h3-5H2,1-2H3,(H2,7,9,10). The molecule has 1 heterocycles. The fourth-order valence-electron chi connectivity index (χ4n) is 1.32. The van der Waals surface area contributed by atoms with Crippen LogP contribution in [0.3, 0.4) is 0 Å². The van der Waals surface area contributed by atoms with E-state index >= 15 is 0 Å². The topological polar surface area (TPSA) is 72.6 Å². The first kappa shape index (κ1) is 9.91. The van der Waals surface area contributed by atoms with Crippen LogP contribution in [0.5, 0.6) is 0 Å². The first-order chi connectivity index (χ1) is 5.34. The molecule has 0 atom stereocenters. The molecule has 12 heavy (non-hydrogen) atoms. The fraction of sp³-hybridized carbons (Fsp3) is 1.00. The molecule has 2 N–H and O–H groups in total. The molecule has 0 aromatic carbocycles. The molecule has 1 aliphatic rings. The highest BCUT2D eigenvalue weighted by atomic mass is 32.2. The Kier molecular flexibility index (Phi) is 2.44. The molecule has 1 saturated heterocycles. The van der Waals surface area contributed by atoms with Crippen LogP contribution in [0.15, 0.2) is 0 Å². The van der Waals surface area contributed by atoms with Gasteiger partial charge in [0.15, 0.2) is 0 Å². The Morgan fingerprint density at radius 1 is 1.50 bits per heavy atom. The molecule has 1 fully saturated rings. The van der Waals surface area contributed by atoms with Gasteiger partial charge >= 0.3 is 0 Å². The third kappa shape index (κ3) is 1.95. The summed E-state index contributed by atoms with van der Waals surface area (Å²) in [5.41, 5.74) is -0.522. The molecule has 1 rings (SSSR count). The second-order valence-corrected chi connectivity index (χ2v) is 4.95. The van der Waals surface area contributed by atoms with Crippen molar-refractivity contribution in [3.05, 3.63) is 0 Å². The van der Waals surface area contributed by atoms with Crippen molar-refractivity contribution in [2.24, 2.45) is 5.14 Å². The van der Waals surface area contributed by atoms with Crippen molar-refractivity contribution in [2.75, 3.05) is 19.8 Å². The fourth-order valence-corrected chi connectivity index (χ4v) is 2.39. The van der Waals surface area contributed by atoms with Crippen LogP contribution in [0.4, 0.5) is 0 Å². The minimum Gasteiger partial charge on any atom is -0.378 e. The van der Waals surface area contributed by atoms with Gasteiger partial charge in [0.1, 0.15) is 0 Å². The molecule has 0 aliphatic carbocycles. The summed E-state index contributed by atoms with van der Waals surface area (Å²) in [6.45, 7) is 4.72. The van der Waals surface area contributed by atoms with Crippen molar-refractivity contribution in [1.29, 1.82) is 0 Å². The molecule has 0 aromatic rings. The SMILES string of the molecule is CC1(C)COCCN1S(N)(=O)=O. The van der Waals surface area contributed by atoms with Crippen molar-refractivity contribution >= 4 is 10.2 Å². The highest BCUT2D eigenvalue weighted by Gasteiger charge is 2.36. The van der Waals surface area contributed by atoms with Crippen LogP contribution >= 0.6 is 0 Å². The van der Waals surface area contributed by atoms with Gasteiger partial charge in [0.25, 0.3) is 10.2 Å². The van der Waals surface area contributed by atoms with Crippen LogP contribution in [0.25, 0.3) is 0 Å². The lowest BCUT2D eigenvalue weighted by Crippen LogP contribution is -2.57. The van der Waals surface area contributed by atoms with Crippen LogP contribution < -0.4 is 5.14 Å². The van der Waals surface area contributed by atoms with Crippen molar-refractivity contribution in [3.8, 4) is 0 Å². The van der Waals surface area contributed by atoms with E-state index in [9.17, 15) is 8.42 Å². The van der Waals surface area contributed by atoms with E-state index in [4.69, 9.17) is 9.88 Å². The number of morpholine rings is 1. The molecule has 0 amide bonds. The summed E-state index contributed by atoms with van der Waals surface area (Å²) in [6.07, 6.45) is 0. The smallest absolute Gasteiger partial charge is 0.277 e. The predicted octanol–water partition coefficient (Wildman–Crippen LogP) is -0.699. The second-order valence-electron chi connectivity index (χ2n) is 3.48. The summed E-state index contributed by atoms with van der Waals surface area (Å²) in [5.74, 6) is 0. The first-order valence-corrected chi connectivity index (χ1v) is 5.23. The molecule has 0 radical (unpaired) electrons. The summed E-state index contributed by atoms with van der Waals surface area (Å²) < 4.78 is 28.5. The average molecular weight is 194 g/mol. The third-order valence-electron chi connectivity index (χ3n) is 1.88. The Hall–Kier alpha value is -0.170.